The number of hydrogen-bond donors (Lipinski definition) is 1. The molecule has 4 rings (SSSR count). The average Bonchev–Trinajstić information content (AvgIpc) is 3.06. The number of nitrogens with one attached hydrogen (secondary N) is 1. The monoisotopic (exact) mass is 353 g/mol. The van der Waals surface area contributed by atoms with Crippen molar-refractivity contribution in [1.29, 1.82) is 0 Å². The molecule has 1 fully saturated rings. The summed E-state index contributed by atoms with van der Waals surface area (Å²) in [4.78, 5) is 29.2. The van der Waals surface area contributed by atoms with Crippen molar-refractivity contribution in [2.75, 3.05) is 38.5 Å². The smallest absolute Gasteiger partial charge is 0.231 e. The maximum Gasteiger partial charge on any atom is 0.231 e. The van der Waals surface area contributed by atoms with E-state index in [1.807, 2.05) is 35.2 Å². The van der Waals surface area contributed by atoms with Gasteiger partial charge in [0.25, 0.3) is 0 Å². The van der Waals surface area contributed by atoms with Crippen LogP contribution in [0.3, 0.4) is 0 Å². The number of aromatic nitrogens is 2. The van der Waals surface area contributed by atoms with Crippen LogP contribution in [-0.2, 0) is 16.1 Å². The molecule has 1 unspecified atom stereocenters. The Balaban J connectivity index is 1.46. The molecule has 1 N–H and O–H groups in total. The average molecular weight is 353 g/mol. The van der Waals surface area contributed by atoms with E-state index in [9.17, 15) is 9.59 Å². The predicted molar refractivity (Wildman–Crippen MR) is 98.5 cm³/mol. The number of carbonyl (C=O) groups is 2. The van der Waals surface area contributed by atoms with Gasteiger partial charge in [0, 0.05) is 38.2 Å². The summed E-state index contributed by atoms with van der Waals surface area (Å²) in [6.07, 6.45) is 2.01. The minimum absolute atomic E-state index is 0.0529. The largest absolute Gasteiger partial charge is 0.340 e. The number of benzene rings is 1. The van der Waals surface area contributed by atoms with Gasteiger partial charge in [0.2, 0.25) is 11.8 Å². The molecule has 1 aromatic heterocycles. The molecular formula is C19H23N5O2. The number of carbonyl (C=O) groups excluding carboxylic acids is 2. The first-order valence-corrected chi connectivity index (χ1v) is 9.00. The van der Waals surface area contributed by atoms with E-state index in [1.165, 1.54) is 0 Å². The van der Waals surface area contributed by atoms with Crippen LogP contribution in [0, 0.1) is 5.92 Å². The topological polar surface area (TPSA) is 70.5 Å². The summed E-state index contributed by atoms with van der Waals surface area (Å²) in [5, 5.41) is 7.37. The van der Waals surface area contributed by atoms with Crippen LogP contribution in [0.2, 0.25) is 0 Å². The number of piperazine rings is 1. The summed E-state index contributed by atoms with van der Waals surface area (Å²) in [5.41, 5.74) is 1.92. The molecule has 7 heteroatoms. The molecule has 0 saturated carbocycles. The fourth-order valence-corrected chi connectivity index (χ4v) is 3.55. The van der Waals surface area contributed by atoms with Gasteiger partial charge in [-0.15, -0.1) is 0 Å². The highest BCUT2D eigenvalue weighted by Crippen LogP contribution is 2.31. The van der Waals surface area contributed by atoms with Gasteiger partial charge in [-0.2, -0.15) is 5.10 Å². The van der Waals surface area contributed by atoms with Gasteiger partial charge in [-0.3, -0.25) is 9.59 Å². The van der Waals surface area contributed by atoms with Crippen LogP contribution < -0.4 is 5.32 Å². The minimum atomic E-state index is -0.377. The van der Waals surface area contributed by atoms with Crippen molar-refractivity contribution in [3.05, 3.63) is 36.5 Å². The number of nitrogens with zero attached hydrogens (tertiary/aromatic N) is 4. The van der Waals surface area contributed by atoms with Crippen LogP contribution in [0.25, 0.3) is 11.1 Å². The molecule has 0 spiro atoms. The Bertz CT molecular complexity index is 809. The summed E-state index contributed by atoms with van der Waals surface area (Å²) in [5.74, 6) is 0.289. The lowest BCUT2D eigenvalue weighted by atomic mass is 10.0. The van der Waals surface area contributed by atoms with Crippen LogP contribution in [0.15, 0.2) is 36.5 Å². The van der Waals surface area contributed by atoms with Gasteiger partial charge in [0.1, 0.15) is 5.82 Å². The van der Waals surface area contributed by atoms with Crippen LogP contribution in [0.4, 0.5) is 5.82 Å². The highest BCUT2D eigenvalue weighted by Gasteiger charge is 2.32. The van der Waals surface area contributed by atoms with Gasteiger partial charge < -0.3 is 15.1 Å². The third-order valence-electron chi connectivity index (χ3n) is 5.21. The molecule has 2 aliphatic rings. The summed E-state index contributed by atoms with van der Waals surface area (Å²) in [6.45, 7) is 3.66. The molecule has 1 atom stereocenters. The Labute approximate surface area is 152 Å². The summed E-state index contributed by atoms with van der Waals surface area (Å²) in [6, 6.07) is 9.86. The van der Waals surface area contributed by atoms with Crippen molar-refractivity contribution >= 4 is 17.6 Å². The van der Waals surface area contributed by atoms with Gasteiger partial charge in [-0.1, -0.05) is 30.3 Å². The second-order valence-electron chi connectivity index (χ2n) is 7.03. The number of amides is 2. The molecule has 1 aromatic carbocycles. The SMILES string of the molecule is CN1CCN(C(=O)CC2Cn3ncc(-c4ccccc4)c3NC2=O)CC1. The molecule has 2 aromatic rings. The maximum absolute atomic E-state index is 12.6. The standard InChI is InChI=1S/C19H23N5O2/c1-22-7-9-23(10-8-22)17(25)11-15-13-24-18(21-19(15)26)16(12-20-24)14-5-3-2-4-6-14/h2-6,12,15H,7-11,13H2,1H3,(H,21,26). The summed E-state index contributed by atoms with van der Waals surface area (Å²) < 4.78 is 1.80. The van der Waals surface area contributed by atoms with Crippen LogP contribution >= 0.6 is 0 Å². The molecule has 3 heterocycles. The van der Waals surface area contributed by atoms with Crippen molar-refractivity contribution in [3.8, 4) is 11.1 Å². The lowest BCUT2D eigenvalue weighted by Gasteiger charge is -2.33. The van der Waals surface area contributed by atoms with E-state index in [0.717, 1.165) is 37.3 Å². The third kappa shape index (κ3) is 3.22. The quantitative estimate of drug-likeness (QED) is 0.903. The zero-order valence-corrected chi connectivity index (χ0v) is 14.9. The second kappa shape index (κ2) is 6.92. The number of hydrogen-bond acceptors (Lipinski definition) is 4. The van der Waals surface area contributed by atoms with Gasteiger partial charge in [0.15, 0.2) is 0 Å². The highest BCUT2D eigenvalue weighted by atomic mass is 16.2. The van der Waals surface area contributed by atoms with Crippen molar-refractivity contribution < 1.29 is 9.59 Å². The van der Waals surface area contributed by atoms with E-state index < -0.39 is 0 Å². The normalized spacial score (nSPS) is 20.6. The van der Waals surface area contributed by atoms with Gasteiger partial charge in [-0.05, 0) is 12.6 Å². The summed E-state index contributed by atoms with van der Waals surface area (Å²) in [7, 11) is 2.06. The number of anilines is 1. The Morgan fingerprint density at radius 2 is 1.92 bits per heavy atom. The Morgan fingerprint density at radius 1 is 1.19 bits per heavy atom. The fraction of sp³-hybridized carbons (Fsp3) is 0.421. The van der Waals surface area contributed by atoms with E-state index in [-0.39, 0.29) is 24.2 Å². The first kappa shape index (κ1) is 16.8. The molecule has 0 aliphatic carbocycles. The zero-order chi connectivity index (χ0) is 18.1. The third-order valence-corrected chi connectivity index (χ3v) is 5.21. The minimum Gasteiger partial charge on any atom is -0.340 e. The maximum atomic E-state index is 12.6. The lowest BCUT2D eigenvalue weighted by molar-refractivity contribution is -0.136. The van der Waals surface area contributed by atoms with Crippen molar-refractivity contribution in [1.82, 2.24) is 19.6 Å². The van der Waals surface area contributed by atoms with Crippen molar-refractivity contribution in [2.45, 2.75) is 13.0 Å². The molecule has 136 valence electrons. The lowest BCUT2D eigenvalue weighted by Crippen LogP contribution is -2.48. The molecule has 7 nitrogen and oxygen atoms in total. The Morgan fingerprint density at radius 3 is 2.65 bits per heavy atom. The Kier molecular flexibility index (Phi) is 4.46. The molecule has 2 amide bonds. The first-order valence-electron chi connectivity index (χ1n) is 9.00. The fourth-order valence-electron chi connectivity index (χ4n) is 3.55. The van der Waals surface area contributed by atoms with Gasteiger partial charge in [0.05, 0.1) is 18.7 Å². The van der Waals surface area contributed by atoms with E-state index in [0.29, 0.717) is 12.4 Å². The molecule has 26 heavy (non-hydrogen) atoms. The van der Waals surface area contributed by atoms with Crippen molar-refractivity contribution in [2.24, 2.45) is 5.92 Å². The molecule has 0 radical (unpaired) electrons. The molecule has 1 saturated heterocycles. The van der Waals surface area contributed by atoms with E-state index in [2.05, 4.69) is 22.4 Å². The Hall–Kier alpha value is -2.67. The van der Waals surface area contributed by atoms with Gasteiger partial charge in [-0.25, -0.2) is 4.68 Å². The number of rotatable bonds is 3. The van der Waals surface area contributed by atoms with Crippen LogP contribution in [-0.4, -0.2) is 64.6 Å². The number of likely N-dealkylation sites (N-methyl/N-ethyl adjacent to an activating group) is 1. The van der Waals surface area contributed by atoms with Crippen molar-refractivity contribution in [3.63, 3.8) is 0 Å². The molecule has 2 aliphatic heterocycles. The zero-order valence-electron chi connectivity index (χ0n) is 14.9. The van der Waals surface area contributed by atoms with E-state index in [4.69, 9.17) is 0 Å². The van der Waals surface area contributed by atoms with Crippen LogP contribution in [0.5, 0.6) is 0 Å². The second-order valence-corrected chi connectivity index (χ2v) is 7.03. The molecular weight excluding hydrogens is 330 g/mol. The summed E-state index contributed by atoms with van der Waals surface area (Å²) >= 11 is 0. The van der Waals surface area contributed by atoms with E-state index in [1.54, 1.807) is 10.9 Å². The molecule has 0 bridgehead atoms. The number of fused-ring (bicyclic) bond motifs is 1. The highest BCUT2D eigenvalue weighted by molar-refractivity contribution is 5.98. The predicted octanol–water partition coefficient (Wildman–Crippen LogP) is 1.28. The van der Waals surface area contributed by atoms with E-state index >= 15 is 0 Å². The first-order chi connectivity index (χ1) is 12.6. The van der Waals surface area contributed by atoms with Gasteiger partial charge >= 0.3 is 0 Å². The van der Waals surface area contributed by atoms with Crippen LogP contribution in [0.1, 0.15) is 6.42 Å².